The van der Waals surface area contributed by atoms with Gasteiger partial charge in [-0.15, -0.1) is 0 Å². The van der Waals surface area contributed by atoms with E-state index in [1.165, 1.54) is 0 Å². The number of benzene rings is 2. The molecule has 0 aliphatic heterocycles. The minimum Gasteiger partial charge on any atom is -0.453 e. The molecule has 164 valence electrons. The molecule has 5 nitrogen and oxygen atoms in total. The van der Waals surface area contributed by atoms with Gasteiger partial charge in [0, 0.05) is 30.6 Å². The summed E-state index contributed by atoms with van der Waals surface area (Å²) in [5.41, 5.74) is -0.545. The van der Waals surface area contributed by atoms with Gasteiger partial charge in [-0.25, -0.2) is 4.39 Å². The SMILES string of the molecule is CC[C@@H](N[C@@H](C)CC(=O)NCC(C)(C)O)c1ccc(Cl)c(Oc2ccccc2)c1F. The molecule has 3 N–H and O–H groups in total. The average Bonchev–Trinajstić information content (AvgIpc) is 2.68. The summed E-state index contributed by atoms with van der Waals surface area (Å²) in [6.45, 7) is 7.22. The molecule has 2 atom stereocenters. The first kappa shape index (κ1) is 24.1. The highest BCUT2D eigenvalue weighted by atomic mass is 35.5. The predicted molar refractivity (Wildman–Crippen MR) is 117 cm³/mol. The molecule has 30 heavy (non-hydrogen) atoms. The van der Waals surface area contributed by atoms with E-state index in [0.29, 0.717) is 17.7 Å². The maximum Gasteiger partial charge on any atom is 0.221 e. The zero-order chi connectivity index (χ0) is 22.3. The van der Waals surface area contributed by atoms with Crippen LogP contribution >= 0.6 is 11.6 Å². The van der Waals surface area contributed by atoms with Crippen molar-refractivity contribution in [1.82, 2.24) is 10.6 Å². The second-order valence-corrected chi connectivity index (χ2v) is 8.42. The zero-order valence-corrected chi connectivity index (χ0v) is 18.6. The number of aliphatic hydroxyl groups is 1. The monoisotopic (exact) mass is 436 g/mol. The Labute approximate surface area is 182 Å². The quantitative estimate of drug-likeness (QED) is 0.491. The van der Waals surface area contributed by atoms with E-state index >= 15 is 4.39 Å². The summed E-state index contributed by atoms with van der Waals surface area (Å²) in [6.07, 6.45) is 0.814. The van der Waals surface area contributed by atoms with Crippen LogP contribution in [0.3, 0.4) is 0 Å². The lowest BCUT2D eigenvalue weighted by molar-refractivity contribution is -0.122. The molecule has 7 heteroatoms. The van der Waals surface area contributed by atoms with E-state index in [2.05, 4.69) is 10.6 Å². The molecule has 0 aromatic heterocycles. The molecule has 0 saturated carbocycles. The van der Waals surface area contributed by atoms with Gasteiger partial charge in [0.25, 0.3) is 0 Å². The number of hydrogen-bond donors (Lipinski definition) is 3. The van der Waals surface area contributed by atoms with Gasteiger partial charge in [0.2, 0.25) is 5.91 Å². The van der Waals surface area contributed by atoms with Gasteiger partial charge in [0.05, 0.1) is 10.6 Å². The Balaban J connectivity index is 2.10. The van der Waals surface area contributed by atoms with Crippen LogP contribution in [0.4, 0.5) is 4.39 Å². The van der Waals surface area contributed by atoms with Crippen LogP contribution in [0.15, 0.2) is 42.5 Å². The molecule has 1 amide bonds. The Kier molecular flexibility index (Phi) is 8.65. The van der Waals surface area contributed by atoms with Crippen LogP contribution in [-0.4, -0.2) is 29.2 Å². The second kappa shape index (κ2) is 10.8. The predicted octanol–water partition coefficient (Wildman–Crippen LogP) is 4.98. The van der Waals surface area contributed by atoms with E-state index < -0.39 is 11.4 Å². The van der Waals surface area contributed by atoms with Crippen molar-refractivity contribution < 1.29 is 19.0 Å². The number of hydrogen-bond acceptors (Lipinski definition) is 4. The highest BCUT2D eigenvalue weighted by Gasteiger charge is 2.23. The summed E-state index contributed by atoms with van der Waals surface area (Å²) >= 11 is 6.19. The van der Waals surface area contributed by atoms with Crippen LogP contribution in [0.1, 0.15) is 52.1 Å². The first-order chi connectivity index (χ1) is 14.1. The van der Waals surface area contributed by atoms with Gasteiger partial charge < -0.3 is 20.5 Å². The van der Waals surface area contributed by atoms with Crippen molar-refractivity contribution in [2.24, 2.45) is 0 Å². The van der Waals surface area contributed by atoms with Crippen LogP contribution in [0.25, 0.3) is 0 Å². The topological polar surface area (TPSA) is 70.6 Å². The van der Waals surface area contributed by atoms with Crippen molar-refractivity contribution >= 4 is 17.5 Å². The van der Waals surface area contributed by atoms with E-state index in [4.69, 9.17) is 16.3 Å². The van der Waals surface area contributed by atoms with E-state index in [1.807, 2.05) is 19.9 Å². The van der Waals surface area contributed by atoms with E-state index in [9.17, 15) is 9.90 Å². The Morgan fingerprint density at radius 1 is 1.23 bits per heavy atom. The molecule has 0 fully saturated rings. The largest absolute Gasteiger partial charge is 0.453 e. The van der Waals surface area contributed by atoms with Gasteiger partial charge in [-0.2, -0.15) is 0 Å². The number of rotatable bonds is 10. The van der Waals surface area contributed by atoms with Gasteiger partial charge in [0.1, 0.15) is 5.75 Å². The minimum atomic E-state index is -0.972. The number of nitrogens with one attached hydrogen (secondary N) is 2. The van der Waals surface area contributed by atoms with E-state index in [0.717, 1.165) is 0 Å². The summed E-state index contributed by atoms with van der Waals surface area (Å²) in [5, 5.41) is 15.9. The van der Waals surface area contributed by atoms with Crippen molar-refractivity contribution in [2.75, 3.05) is 6.54 Å². The fourth-order valence-electron chi connectivity index (χ4n) is 3.01. The fraction of sp³-hybridized carbons (Fsp3) is 0.435. The summed E-state index contributed by atoms with van der Waals surface area (Å²) in [5.74, 6) is -0.231. The van der Waals surface area contributed by atoms with Crippen molar-refractivity contribution in [3.05, 3.63) is 58.9 Å². The second-order valence-electron chi connectivity index (χ2n) is 8.02. The molecule has 0 aliphatic carbocycles. The molecule has 0 aliphatic rings. The average molecular weight is 437 g/mol. The zero-order valence-electron chi connectivity index (χ0n) is 17.8. The molecule has 2 aromatic rings. The highest BCUT2D eigenvalue weighted by Crippen LogP contribution is 2.36. The van der Waals surface area contributed by atoms with Gasteiger partial charge in [-0.1, -0.05) is 42.8 Å². The van der Waals surface area contributed by atoms with Crippen molar-refractivity contribution in [2.45, 2.75) is 58.2 Å². The summed E-state index contributed by atoms with van der Waals surface area (Å²) in [7, 11) is 0. The van der Waals surface area contributed by atoms with Crippen molar-refractivity contribution in [1.29, 1.82) is 0 Å². The molecule has 0 spiro atoms. The smallest absolute Gasteiger partial charge is 0.221 e. The molecule has 0 radical (unpaired) electrons. The normalized spacial score (nSPS) is 13.6. The number of carbonyl (C=O) groups excluding carboxylic acids is 1. The minimum absolute atomic E-state index is 0.0174. The molecule has 0 saturated heterocycles. The maximum atomic E-state index is 15.3. The lowest BCUT2D eigenvalue weighted by Gasteiger charge is -2.24. The maximum absolute atomic E-state index is 15.3. The van der Waals surface area contributed by atoms with Gasteiger partial charge in [-0.05, 0) is 45.4 Å². The number of para-hydroxylation sites is 1. The third-order valence-corrected chi connectivity index (χ3v) is 4.82. The first-order valence-corrected chi connectivity index (χ1v) is 10.4. The number of carbonyl (C=O) groups is 1. The molecule has 2 aromatic carbocycles. The van der Waals surface area contributed by atoms with Gasteiger partial charge in [0.15, 0.2) is 11.6 Å². The summed E-state index contributed by atoms with van der Waals surface area (Å²) in [6, 6.07) is 11.6. The standard InChI is InChI=1S/C23H30ClFN2O3/c1-5-19(27-15(2)13-20(28)26-14-23(3,4)29)17-11-12-18(24)22(21(17)25)30-16-9-7-6-8-10-16/h6-12,15,19,27,29H,5,13-14H2,1-4H3,(H,26,28)/t15-,19+/m0/s1. The summed E-state index contributed by atoms with van der Waals surface area (Å²) < 4.78 is 21.0. The number of amides is 1. The summed E-state index contributed by atoms with van der Waals surface area (Å²) in [4.78, 5) is 12.1. The van der Waals surface area contributed by atoms with Crippen LogP contribution in [-0.2, 0) is 4.79 Å². The lowest BCUT2D eigenvalue weighted by atomic mass is 10.0. The molecule has 2 rings (SSSR count). The molecule has 0 heterocycles. The van der Waals surface area contributed by atoms with Crippen LogP contribution in [0, 0.1) is 5.82 Å². The fourth-order valence-corrected chi connectivity index (χ4v) is 3.20. The van der Waals surface area contributed by atoms with Crippen LogP contribution < -0.4 is 15.4 Å². The Hall–Kier alpha value is -2.15. The highest BCUT2D eigenvalue weighted by molar-refractivity contribution is 6.32. The molecular formula is C23H30ClFN2O3. The number of ether oxygens (including phenoxy) is 1. The van der Waals surface area contributed by atoms with Gasteiger partial charge in [-0.3, -0.25) is 4.79 Å². The Morgan fingerprint density at radius 3 is 2.50 bits per heavy atom. The number of halogens is 2. The Morgan fingerprint density at radius 2 is 1.90 bits per heavy atom. The van der Waals surface area contributed by atoms with Crippen LogP contribution in [0.5, 0.6) is 11.5 Å². The van der Waals surface area contributed by atoms with Crippen molar-refractivity contribution in [3.8, 4) is 11.5 Å². The lowest BCUT2D eigenvalue weighted by Crippen LogP contribution is -2.41. The van der Waals surface area contributed by atoms with Crippen LogP contribution in [0.2, 0.25) is 5.02 Å². The molecule has 0 bridgehead atoms. The van der Waals surface area contributed by atoms with Gasteiger partial charge >= 0.3 is 0 Å². The third-order valence-electron chi connectivity index (χ3n) is 4.52. The molecular weight excluding hydrogens is 407 g/mol. The van der Waals surface area contributed by atoms with Crippen molar-refractivity contribution in [3.63, 3.8) is 0 Å². The van der Waals surface area contributed by atoms with E-state index in [1.54, 1.807) is 50.2 Å². The first-order valence-electron chi connectivity index (χ1n) is 10.1. The third kappa shape index (κ3) is 7.27. The van der Waals surface area contributed by atoms with E-state index in [-0.39, 0.29) is 41.7 Å². The molecule has 0 unspecified atom stereocenters. The Bertz CT molecular complexity index is 840.